The average molecular weight is 341 g/mol. The second-order valence-electron chi connectivity index (χ2n) is 5.79. The van der Waals surface area contributed by atoms with Crippen LogP contribution in [0.1, 0.15) is 11.6 Å². The zero-order valence-corrected chi connectivity index (χ0v) is 14.1. The highest BCUT2D eigenvalue weighted by Crippen LogP contribution is 2.21. The Kier molecular flexibility index (Phi) is 6.36. The van der Waals surface area contributed by atoms with Crippen molar-refractivity contribution in [3.63, 3.8) is 0 Å². The number of para-hydroxylation sites is 1. The fourth-order valence-corrected chi connectivity index (χ4v) is 2.86. The molecule has 0 bridgehead atoms. The Labute approximate surface area is 147 Å². The summed E-state index contributed by atoms with van der Waals surface area (Å²) >= 11 is 0. The van der Waals surface area contributed by atoms with Gasteiger partial charge < -0.3 is 14.8 Å². The van der Waals surface area contributed by atoms with Crippen LogP contribution in [0.15, 0.2) is 54.9 Å². The molecule has 1 aromatic carbocycles. The standard InChI is InChI=1S/C19H23N3O3/c23-19(21-9-12-25-17-6-2-1-3-7-17)18(16-5-4-8-20-15-16)22-10-13-24-14-11-22/h1-8,15,18H,9-14H2,(H,21,23). The summed E-state index contributed by atoms with van der Waals surface area (Å²) in [4.78, 5) is 19.1. The number of carbonyl (C=O) groups excluding carboxylic acids is 1. The number of pyridine rings is 1. The Morgan fingerprint density at radius 3 is 2.72 bits per heavy atom. The third kappa shape index (κ3) is 5.01. The first-order valence-corrected chi connectivity index (χ1v) is 8.52. The lowest BCUT2D eigenvalue weighted by atomic mass is 10.1. The van der Waals surface area contributed by atoms with Crippen LogP contribution >= 0.6 is 0 Å². The zero-order chi connectivity index (χ0) is 17.3. The number of morpholine rings is 1. The molecule has 1 unspecified atom stereocenters. The SMILES string of the molecule is O=C(NCCOc1ccccc1)C(c1cccnc1)N1CCOCC1. The molecule has 0 radical (unpaired) electrons. The number of carbonyl (C=O) groups is 1. The lowest BCUT2D eigenvalue weighted by Gasteiger charge is -2.33. The number of hydrogen-bond acceptors (Lipinski definition) is 5. The highest BCUT2D eigenvalue weighted by Gasteiger charge is 2.28. The molecule has 1 N–H and O–H groups in total. The van der Waals surface area contributed by atoms with Gasteiger partial charge in [-0.2, -0.15) is 0 Å². The molecule has 2 heterocycles. The number of aromatic nitrogens is 1. The molecule has 1 saturated heterocycles. The first kappa shape index (κ1) is 17.4. The molecule has 2 aromatic rings. The quantitative estimate of drug-likeness (QED) is 0.776. The lowest BCUT2D eigenvalue weighted by Crippen LogP contribution is -2.46. The minimum atomic E-state index is -0.352. The first-order valence-electron chi connectivity index (χ1n) is 8.52. The van der Waals surface area contributed by atoms with Gasteiger partial charge in [-0.15, -0.1) is 0 Å². The Morgan fingerprint density at radius 1 is 1.20 bits per heavy atom. The third-order valence-corrected chi connectivity index (χ3v) is 4.07. The monoisotopic (exact) mass is 341 g/mol. The largest absolute Gasteiger partial charge is 0.492 e. The fourth-order valence-electron chi connectivity index (χ4n) is 2.86. The number of benzene rings is 1. The van der Waals surface area contributed by atoms with E-state index in [2.05, 4.69) is 15.2 Å². The molecule has 1 aliphatic rings. The number of rotatable bonds is 7. The van der Waals surface area contributed by atoms with Crippen LogP contribution < -0.4 is 10.1 Å². The Hall–Kier alpha value is -2.44. The van der Waals surface area contributed by atoms with Crippen LogP contribution in [0.2, 0.25) is 0 Å². The molecule has 1 amide bonds. The van der Waals surface area contributed by atoms with Gasteiger partial charge in [0.2, 0.25) is 5.91 Å². The summed E-state index contributed by atoms with van der Waals surface area (Å²) in [7, 11) is 0. The van der Waals surface area contributed by atoms with Gasteiger partial charge in [-0.05, 0) is 23.8 Å². The van der Waals surface area contributed by atoms with Gasteiger partial charge in [-0.1, -0.05) is 24.3 Å². The maximum absolute atomic E-state index is 12.8. The molecule has 0 aliphatic carbocycles. The first-order chi connectivity index (χ1) is 12.3. The van der Waals surface area contributed by atoms with E-state index in [-0.39, 0.29) is 11.9 Å². The number of ether oxygens (including phenoxy) is 2. The molecule has 3 rings (SSSR count). The summed E-state index contributed by atoms with van der Waals surface area (Å²) in [6.07, 6.45) is 3.46. The van der Waals surface area contributed by atoms with Crippen LogP contribution in [0, 0.1) is 0 Å². The number of nitrogens with zero attached hydrogens (tertiary/aromatic N) is 2. The minimum absolute atomic E-state index is 0.0356. The second-order valence-corrected chi connectivity index (χ2v) is 5.79. The average Bonchev–Trinajstić information content (AvgIpc) is 2.68. The molecule has 1 aromatic heterocycles. The van der Waals surface area contributed by atoms with Gasteiger partial charge in [0.1, 0.15) is 18.4 Å². The van der Waals surface area contributed by atoms with Crippen molar-refractivity contribution in [3.8, 4) is 5.75 Å². The topological polar surface area (TPSA) is 63.7 Å². The predicted molar refractivity (Wildman–Crippen MR) is 94.3 cm³/mol. The van der Waals surface area contributed by atoms with Crippen molar-refractivity contribution in [1.29, 1.82) is 0 Å². The van der Waals surface area contributed by atoms with Crippen molar-refractivity contribution < 1.29 is 14.3 Å². The molecule has 1 atom stereocenters. The van der Waals surface area contributed by atoms with E-state index in [0.29, 0.717) is 26.4 Å². The van der Waals surface area contributed by atoms with Crippen LogP contribution in [0.3, 0.4) is 0 Å². The number of hydrogen-bond donors (Lipinski definition) is 1. The van der Waals surface area contributed by atoms with Gasteiger partial charge in [-0.25, -0.2) is 0 Å². The van der Waals surface area contributed by atoms with E-state index >= 15 is 0 Å². The van der Waals surface area contributed by atoms with Crippen molar-refractivity contribution in [2.75, 3.05) is 39.5 Å². The van der Waals surface area contributed by atoms with Crippen LogP contribution in [0.25, 0.3) is 0 Å². The predicted octanol–water partition coefficient (Wildman–Crippen LogP) is 1.65. The summed E-state index contributed by atoms with van der Waals surface area (Å²) in [6, 6.07) is 13.0. The van der Waals surface area contributed by atoms with Crippen molar-refractivity contribution in [2.24, 2.45) is 0 Å². The Morgan fingerprint density at radius 2 is 2.00 bits per heavy atom. The molecule has 1 fully saturated rings. The summed E-state index contributed by atoms with van der Waals surface area (Å²) in [5.41, 5.74) is 0.894. The maximum Gasteiger partial charge on any atom is 0.242 e. The highest BCUT2D eigenvalue weighted by atomic mass is 16.5. The lowest BCUT2D eigenvalue weighted by molar-refractivity contribution is -0.128. The van der Waals surface area contributed by atoms with Crippen LogP contribution in [-0.4, -0.2) is 55.2 Å². The summed E-state index contributed by atoms with van der Waals surface area (Å²) in [5, 5.41) is 2.97. The van der Waals surface area contributed by atoms with E-state index in [9.17, 15) is 4.79 Å². The van der Waals surface area contributed by atoms with Gasteiger partial charge in [0.25, 0.3) is 0 Å². The normalized spacial score (nSPS) is 16.2. The molecule has 6 nitrogen and oxygen atoms in total. The summed E-state index contributed by atoms with van der Waals surface area (Å²) in [5.74, 6) is 0.764. The number of amides is 1. The molecule has 132 valence electrons. The summed E-state index contributed by atoms with van der Waals surface area (Å²) < 4.78 is 11.0. The van der Waals surface area contributed by atoms with Crippen molar-refractivity contribution in [3.05, 3.63) is 60.4 Å². The number of nitrogens with one attached hydrogen (secondary N) is 1. The van der Waals surface area contributed by atoms with Crippen molar-refractivity contribution in [2.45, 2.75) is 6.04 Å². The van der Waals surface area contributed by atoms with Crippen LogP contribution in [0.4, 0.5) is 0 Å². The van der Waals surface area contributed by atoms with E-state index in [1.54, 1.807) is 12.4 Å². The molecule has 0 spiro atoms. The Bertz CT molecular complexity index is 645. The molecule has 1 aliphatic heterocycles. The maximum atomic E-state index is 12.8. The van der Waals surface area contributed by atoms with Gasteiger partial charge in [-0.3, -0.25) is 14.7 Å². The van der Waals surface area contributed by atoms with E-state index in [0.717, 1.165) is 24.4 Å². The molecular weight excluding hydrogens is 318 g/mol. The fraction of sp³-hybridized carbons (Fsp3) is 0.368. The highest BCUT2D eigenvalue weighted by molar-refractivity contribution is 5.83. The van der Waals surface area contributed by atoms with Gasteiger partial charge in [0.15, 0.2) is 0 Å². The van der Waals surface area contributed by atoms with Crippen LogP contribution in [-0.2, 0) is 9.53 Å². The van der Waals surface area contributed by atoms with Gasteiger partial charge >= 0.3 is 0 Å². The minimum Gasteiger partial charge on any atom is -0.492 e. The molecule has 0 saturated carbocycles. The third-order valence-electron chi connectivity index (χ3n) is 4.07. The van der Waals surface area contributed by atoms with Crippen LogP contribution in [0.5, 0.6) is 5.75 Å². The summed E-state index contributed by atoms with van der Waals surface area (Å²) in [6.45, 7) is 3.62. The zero-order valence-electron chi connectivity index (χ0n) is 14.1. The molecule has 25 heavy (non-hydrogen) atoms. The molecular formula is C19H23N3O3. The van der Waals surface area contributed by atoms with E-state index < -0.39 is 0 Å². The van der Waals surface area contributed by atoms with E-state index in [1.807, 2.05) is 42.5 Å². The van der Waals surface area contributed by atoms with Crippen molar-refractivity contribution >= 4 is 5.91 Å². The van der Waals surface area contributed by atoms with E-state index in [1.165, 1.54) is 0 Å². The van der Waals surface area contributed by atoms with Gasteiger partial charge in [0.05, 0.1) is 19.8 Å². The van der Waals surface area contributed by atoms with Crippen molar-refractivity contribution in [1.82, 2.24) is 15.2 Å². The Balaban J connectivity index is 1.57. The van der Waals surface area contributed by atoms with E-state index in [4.69, 9.17) is 9.47 Å². The molecule has 6 heteroatoms. The van der Waals surface area contributed by atoms with Gasteiger partial charge in [0, 0.05) is 25.5 Å². The second kappa shape index (κ2) is 9.15. The smallest absolute Gasteiger partial charge is 0.242 e.